The van der Waals surface area contributed by atoms with Crippen LogP contribution in [0.1, 0.15) is 37.2 Å². The van der Waals surface area contributed by atoms with E-state index in [-0.39, 0.29) is 17.6 Å². The van der Waals surface area contributed by atoms with Crippen molar-refractivity contribution in [2.75, 3.05) is 13.1 Å². The number of carbonyl (C=O) groups excluding carboxylic acids is 1. The Morgan fingerprint density at radius 2 is 2.17 bits per heavy atom. The lowest BCUT2D eigenvalue weighted by Crippen LogP contribution is -2.27. The SMILES string of the molecule is CCC(=O)N1CC[C@H](c2nc(C)cc(Oc3ccccc3F)n2)C1. The standard InChI is InChI=1S/C18H20FN3O2/c1-3-17(23)22-9-8-13(11-22)18-20-12(2)10-16(21-18)24-15-7-5-4-6-14(15)19/h4-7,10,13H,3,8-9,11H2,1-2H3/t13-/m0/s1. The molecule has 0 saturated carbocycles. The second-order valence-corrected chi connectivity index (χ2v) is 5.92. The monoisotopic (exact) mass is 329 g/mol. The van der Waals surface area contributed by atoms with Crippen molar-refractivity contribution in [2.45, 2.75) is 32.6 Å². The summed E-state index contributed by atoms with van der Waals surface area (Å²) in [5.74, 6) is 0.902. The number of aromatic nitrogens is 2. The van der Waals surface area contributed by atoms with Gasteiger partial charge in [0.15, 0.2) is 11.6 Å². The lowest BCUT2D eigenvalue weighted by Gasteiger charge is -2.15. The highest BCUT2D eigenvalue weighted by Gasteiger charge is 2.28. The van der Waals surface area contributed by atoms with Gasteiger partial charge in [-0.3, -0.25) is 4.79 Å². The summed E-state index contributed by atoms with van der Waals surface area (Å²) in [6.07, 6.45) is 1.33. The first-order valence-electron chi connectivity index (χ1n) is 8.12. The van der Waals surface area contributed by atoms with E-state index >= 15 is 0 Å². The second-order valence-electron chi connectivity index (χ2n) is 5.92. The molecule has 0 spiro atoms. The molecule has 0 bridgehead atoms. The van der Waals surface area contributed by atoms with Gasteiger partial charge < -0.3 is 9.64 Å². The maximum Gasteiger partial charge on any atom is 0.222 e. The number of likely N-dealkylation sites (tertiary alicyclic amines) is 1. The number of rotatable bonds is 4. The molecule has 1 aliphatic rings. The highest BCUT2D eigenvalue weighted by atomic mass is 19.1. The van der Waals surface area contributed by atoms with Gasteiger partial charge in [-0.2, -0.15) is 4.98 Å². The van der Waals surface area contributed by atoms with E-state index in [2.05, 4.69) is 9.97 Å². The van der Waals surface area contributed by atoms with Gasteiger partial charge in [0.2, 0.25) is 11.8 Å². The van der Waals surface area contributed by atoms with Crippen LogP contribution in [0.3, 0.4) is 0 Å². The topological polar surface area (TPSA) is 55.3 Å². The molecule has 0 aliphatic carbocycles. The van der Waals surface area contributed by atoms with Gasteiger partial charge in [0.1, 0.15) is 5.82 Å². The number of halogens is 1. The Hall–Kier alpha value is -2.50. The Kier molecular flexibility index (Phi) is 4.74. The van der Waals surface area contributed by atoms with E-state index in [1.54, 1.807) is 24.3 Å². The van der Waals surface area contributed by atoms with Crippen LogP contribution in [0.2, 0.25) is 0 Å². The summed E-state index contributed by atoms with van der Waals surface area (Å²) in [4.78, 5) is 22.6. The number of benzene rings is 1. The Labute approximate surface area is 140 Å². The lowest BCUT2D eigenvalue weighted by atomic mass is 10.1. The number of hydrogen-bond donors (Lipinski definition) is 0. The van der Waals surface area contributed by atoms with Crippen molar-refractivity contribution in [3.05, 3.63) is 47.7 Å². The van der Waals surface area contributed by atoms with Crippen molar-refractivity contribution in [1.82, 2.24) is 14.9 Å². The molecule has 2 aromatic rings. The van der Waals surface area contributed by atoms with Crippen molar-refractivity contribution < 1.29 is 13.9 Å². The minimum Gasteiger partial charge on any atom is -0.436 e. The fourth-order valence-corrected chi connectivity index (χ4v) is 2.86. The fraction of sp³-hybridized carbons (Fsp3) is 0.389. The third kappa shape index (κ3) is 3.53. The van der Waals surface area contributed by atoms with Gasteiger partial charge in [-0.05, 0) is 25.5 Å². The van der Waals surface area contributed by atoms with Crippen molar-refractivity contribution in [1.29, 1.82) is 0 Å². The average Bonchev–Trinajstić information content (AvgIpc) is 3.06. The first-order chi connectivity index (χ1) is 11.6. The molecule has 6 heteroatoms. The molecule has 1 fully saturated rings. The summed E-state index contributed by atoms with van der Waals surface area (Å²) in [5, 5.41) is 0. The van der Waals surface area contributed by atoms with Gasteiger partial charge >= 0.3 is 0 Å². The highest BCUT2D eigenvalue weighted by Crippen LogP contribution is 2.28. The number of ether oxygens (including phenoxy) is 1. The van der Waals surface area contributed by atoms with Crippen LogP contribution in [-0.4, -0.2) is 33.9 Å². The van der Waals surface area contributed by atoms with Gasteiger partial charge in [0.05, 0.1) is 0 Å². The molecular weight excluding hydrogens is 309 g/mol. The minimum atomic E-state index is -0.434. The van der Waals surface area contributed by atoms with E-state index in [4.69, 9.17) is 4.74 Å². The van der Waals surface area contributed by atoms with E-state index < -0.39 is 5.82 Å². The Balaban J connectivity index is 1.80. The largest absolute Gasteiger partial charge is 0.436 e. The van der Waals surface area contributed by atoms with Gasteiger partial charge in [0.25, 0.3) is 0 Å². The lowest BCUT2D eigenvalue weighted by molar-refractivity contribution is -0.129. The minimum absolute atomic E-state index is 0.0865. The van der Waals surface area contributed by atoms with Crippen molar-refractivity contribution in [3.63, 3.8) is 0 Å². The molecule has 126 valence electrons. The molecule has 1 saturated heterocycles. The smallest absolute Gasteiger partial charge is 0.222 e. The average molecular weight is 329 g/mol. The van der Waals surface area contributed by atoms with Crippen molar-refractivity contribution >= 4 is 5.91 Å². The summed E-state index contributed by atoms with van der Waals surface area (Å²) in [5.41, 5.74) is 0.756. The molecule has 24 heavy (non-hydrogen) atoms. The predicted molar refractivity (Wildman–Crippen MR) is 87.5 cm³/mol. The normalized spacial score (nSPS) is 17.1. The first-order valence-corrected chi connectivity index (χ1v) is 8.12. The summed E-state index contributed by atoms with van der Waals surface area (Å²) >= 11 is 0. The number of aryl methyl sites for hydroxylation is 1. The van der Waals surface area contributed by atoms with Gasteiger partial charge in [-0.1, -0.05) is 19.1 Å². The maximum atomic E-state index is 13.7. The van der Waals surface area contributed by atoms with Crippen LogP contribution in [0.15, 0.2) is 30.3 Å². The van der Waals surface area contributed by atoms with Crippen LogP contribution in [0, 0.1) is 12.7 Å². The van der Waals surface area contributed by atoms with E-state index in [1.165, 1.54) is 6.07 Å². The van der Waals surface area contributed by atoms with Crippen LogP contribution in [-0.2, 0) is 4.79 Å². The third-order valence-corrected chi connectivity index (χ3v) is 4.11. The number of amides is 1. The maximum absolute atomic E-state index is 13.7. The molecule has 0 radical (unpaired) electrons. The number of hydrogen-bond acceptors (Lipinski definition) is 4. The fourth-order valence-electron chi connectivity index (χ4n) is 2.86. The zero-order valence-corrected chi connectivity index (χ0v) is 13.8. The molecule has 1 amide bonds. The van der Waals surface area contributed by atoms with Crippen molar-refractivity contribution in [3.8, 4) is 11.6 Å². The van der Waals surface area contributed by atoms with E-state index in [0.29, 0.717) is 24.7 Å². The first kappa shape index (κ1) is 16.4. The zero-order chi connectivity index (χ0) is 17.1. The molecule has 0 unspecified atom stereocenters. The summed E-state index contributed by atoms with van der Waals surface area (Å²) in [6.45, 7) is 5.05. The van der Waals surface area contributed by atoms with Crippen molar-refractivity contribution in [2.24, 2.45) is 0 Å². The molecule has 5 nitrogen and oxygen atoms in total. The predicted octanol–water partition coefficient (Wildman–Crippen LogP) is 3.44. The number of carbonyl (C=O) groups is 1. The van der Waals surface area contributed by atoms with Crippen LogP contribution >= 0.6 is 0 Å². The molecule has 1 aliphatic heterocycles. The summed E-state index contributed by atoms with van der Waals surface area (Å²) in [7, 11) is 0. The second kappa shape index (κ2) is 6.95. The Morgan fingerprint density at radius 3 is 2.92 bits per heavy atom. The van der Waals surface area contributed by atoms with Gasteiger partial charge in [-0.25, -0.2) is 9.37 Å². The Bertz CT molecular complexity index is 751. The van der Waals surface area contributed by atoms with Crippen LogP contribution < -0.4 is 4.74 Å². The molecule has 3 rings (SSSR count). The van der Waals surface area contributed by atoms with Gasteiger partial charge in [-0.15, -0.1) is 0 Å². The molecule has 1 aromatic heterocycles. The van der Waals surface area contributed by atoms with Crippen LogP contribution in [0.25, 0.3) is 0 Å². The highest BCUT2D eigenvalue weighted by molar-refractivity contribution is 5.76. The quantitative estimate of drug-likeness (QED) is 0.862. The van der Waals surface area contributed by atoms with E-state index in [1.807, 2.05) is 18.7 Å². The molecule has 1 aromatic carbocycles. The number of nitrogens with zero attached hydrogens (tertiary/aromatic N) is 3. The summed E-state index contributed by atoms with van der Waals surface area (Å²) < 4.78 is 19.3. The summed E-state index contributed by atoms with van der Waals surface area (Å²) in [6, 6.07) is 7.90. The molecular formula is C18H20FN3O2. The van der Waals surface area contributed by atoms with Crippen LogP contribution in [0.4, 0.5) is 4.39 Å². The Morgan fingerprint density at radius 1 is 1.38 bits per heavy atom. The number of para-hydroxylation sites is 1. The van der Waals surface area contributed by atoms with E-state index in [0.717, 1.165) is 18.7 Å². The zero-order valence-electron chi connectivity index (χ0n) is 13.8. The van der Waals surface area contributed by atoms with Gasteiger partial charge in [0, 0.05) is 37.2 Å². The molecule has 0 N–H and O–H groups in total. The third-order valence-electron chi connectivity index (χ3n) is 4.11. The molecule has 1 atom stereocenters. The van der Waals surface area contributed by atoms with Crippen LogP contribution in [0.5, 0.6) is 11.6 Å². The molecule has 2 heterocycles. The van der Waals surface area contributed by atoms with E-state index in [9.17, 15) is 9.18 Å².